The second kappa shape index (κ2) is 16.4. The van der Waals surface area contributed by atoms with Crippen molar-refractivity contribution in [2.45, 2.75) is 142 Å². The van der Waals surface area contributed by atoms with Gasteiger partial charge in [0.25, 0.3) is 6.71 Å². The predicted octanol–water partition coefficient (Wildman–Crippen LogP) is 16.9. The van der Waals surface area contributed by atoms with Gasteiger partial charge in [0.15, 0.2) is 0 Å². The van der Waals surface area contributed by atoms with Crippen molar-refractivity contribution in [1.82, 2.24) is 0 Å². The average molecular weight is 968 g/mol. The molecule has 8 aromatic rings. The lowest BCUT2D eigenvalue weighted by molar-refractivity contribution is 0.245. The fraction of sp³-hybridized carbons (Fsp3) is 0.314. The Balaban J connectivity index is 1.21. The Labute approximate surface area is 443 Å². The Hall–Kier alpha value is -6.78. The molecule has 0 fully saturated rings. The first-order chi connectivity index (χ1) is 35.0. The molecule has 0 aromatic heterocycles. The highest BCUT2D eigenvalue weighted by Gasteiger charge is 2.60. The first-order valence-electron chi connectivity index (χ1n) is 27.3. The summed E-state index contributed by atoms with van der Waals surface area (Å²) in [6, 6.07) is 66.6. The van der Waals surface area contributed by atoms with Crippen LogP contribution in [0, 0.1) is 0 Å². The molecule has 3 heterocycles. The van der Waals surface area contributed by atoms with E-state index >= 15 is 0 Å². The van der Waals surface area contributed by atoms with Gasteiger partial charge in [-0.1, -0.05) is 199 Å². The van der Waals surface area contributed by atoms with Crippen LogP contribution >= 0.6 is 0 Å². The third-order valence-electron chi connectivity index (χ3n) is 17.9. The molecule has 1 aliphatic carbocycles. The molecule has 2 atom stereocenters. The van der Waals surface area contributed by atoms with Crippen molar-refractivity contribution >= 4 is 68.6 Å². The van der Waals surface area contributed by atoms with Crippen molar-refractivity contribution in [3.05, 3.63) is 209 Å². The smallest absolute Gasteiger partial charge is 0.252 e. The number of aryl methyl sites for hydroxylation is 1. The summed E-state index contributed by atoms with van der Waals surface area (Å²) in [5.41, 5.74) is 25.3. The molecular weight excluding hydrogens is 894 g/mol. The van der Waals surface area contributed by atoms with E-state index in [2.05, 4.69) is 281 Å². The molecule has 0 bridgehead atoms. The van der Waals surface area contributed by atoms with E-state index in [1.165, 1.54) is 112 Å². The summed E-state index contributed by atoms with van der Waals surface area (Å²) in [7, 11) is 0. The van der Waals surface area contributed by atoms with Gasteiger partial charge in [-0.2, -0.15) is 0 Å². The van der Waals surface area contributed by atoms with E-state index < -0.39 is 5.54 Å². The average Bonchev–Trinajstić information content (AvgIpc) is 3.60. The van der Waals surface area contributed by atoms with Gasteiger partial charge in [-0.05, 0) is 169 Å². The van der Waals surface area contributed by atoms with Gasteiger partial charge in [-0.15, -0.1) is 0 Å². The van der Waals surface area contributed by atoms with Crippen LogP contribution in [0.3, 0.4) is 0 Å². The number of benzene rings is 8. The molecule has 0 radical (unpaired) electrons. The Morgan fingerprint density at radius 1 is 0.392 bits per heavy atom. The first kappa shape index (κ1) is 48.2. The highest BCUT2D eigenvalue weighted by Crippen LogP contribution is 2.65. The standard InChI is InChI=1S/C70H74BN3/c1-65(2,3)48-25-31-52(32-26-48)72-60-36-29-50(67(7,8)9)41-57(60)71-58-42-51(68(10,11)12)30-37-61(58)73(53-33-27-49(28-34-53)66(4,5)6)63-44-54(43-62(72)64(63)71)74-59-35-24-47(45-20-16-15-17-21-45)40-56(59)69(13)39-38-46-22-18-19-23-55(46)70(69,74)14/h15-37,40-44H,38-39H2,1-14H3. The molecular formula is C70H74BN3. The number of fused-ring (bicyclic) bond motifs is 9. The lowest BCUT2D eigenvalue weighted by Crippen LogP contribution is -2.62. The molecule has 4 heteroatoms. The van der Waals surface area contributed by atoms with Gasteiger partial charge >= 0.3 is 0 Å². The zero-order chi connectivity index (χ0) is 52.1. The van der Waals surface area contributed by atoms with Crippen LogP contribution in [-0.2, 0) is 39.0 Å². The summed E-state index contributed by atoms with van der Waals surface area (Å²) in [5, 5.41) is 0. The molecule has 2 unspecified atom stereocenters. The molecule has 4 aliphatic rings. The van der Waals surface area contributed by atoms with Crippen LogP contribution in [0.1, 0.15) is 142 Å². The van der Waals surface area contributed by atoms with Crippen LogP contribution in [-0.4, -0.2) is 6.71 Å². The summed E-state index contributed by atoms with van der Waals surface area (Å²) in [5.74, 6) is 0. The van der Waals surface area contributed by atoms with Crippen molar-refractivity contribution in [3.8, 4) is 11.1 Å². The van der Waals surface area contributed by atoms with Crippen LogP contribution in [0.5, 0.6) is 0 Å². The summed E-state index contributed by atoms with van der Waals surface area (Å²) in [6.45, 7) is 33.1. The maximum Gasteiger partial charge on any atom is 0.252 e. The minimum atomic E-state index is -0.416. The van der Waals surface area contributed by atoms with E-state index in [0.717, 1.165) is 12.8 Å². The van der Waals surface area contributed by atoms with Crippen molar-refractivity contribution < 1.29 is 0 Å². The van der Waals surface area contributed by atoms with Crippen LogP contribution in [0.15, 0.2) is 170 Å². The highest BCUT2D eigenvalue weighted by atomic mass is 15.3. The molecule has 0 saturated carbocycles. The Morgan fingerprint density at radius 2 is 0.851 bits per heavy atom. The summed E-state index contributed by atoms with van der Waals surface area (Å²) in [4.78, 5) is 8.02. The molecule has 372 valence electrons. The first-order valence-corrected chi connectivity index (χ1v) is 27.3. The van der Waals surface area contributed by atoms with Gasteiger partial charge < -0.3 is 14.7 Å². The molecule has 0 saturated heterocycles. The SMILES string of the molecule is CC(C)(C)c1ccc(N2c3ccc(C(C)(C)C)cc3B3c4cc(C(C)(C)C)ccc4N(c4ccc(C(C)(C)C)cc4)c4cc(N5c6ccc(-c7ccccc7)cc6C6(C)CCc7ccccc7C56C)cc2c43)cc1. The molecule has 74 heavy (non-hydrogen) atoms. The van der Waals surface area contributed by atoms with Crippen LogP contribution in [0.2, 0.25) is 0 Å². The molecule has 3 nitrogen and oxygen atoms in total. The Bertz CT molecular complexity index is 3380. The van der Waals surface area contributed by atoms with Gasteiger partial charge in [0.2, 0.25) is 0 Å². The quantitative estimate of drug-likeness (QED) is 0.163. The maximum atomic E-state index is 2.78. The minimum absolute atomic E-state index is 0.0174. The Morgan fingerprint density at radius 3 is 1.35 bits per heavy atom. The summed E-state index contributed by atoms with van der Waals surface area (Å²) in [6.07, 6.45) is 2.09. The molecule has 0 spiro atoms. The fourth-order valence-electron chi connectivity index (χ4n) is 13.4. The minimum Gasteiger partial charge on any atom is -0.330 e. The zero-order valence-electron chi connectivity index (χ0n) is 46.5. The number of hydrogen-bond acceptors (Lipinski definition) is 3. The normalized spacial score (nSPS) is 18.8. The largest absolute Gasteiger partial charge is 0.330 e. The lowest BCUT2D eigenvalue weighted by Gasteiger charge is -2.52. The number of nitrogens with zero attached hydrogens (tertiary/aromatic N) is 3. The topological polar surface area (TPSA) is 9.72 Å². The van der Waals surface area contributed by atoms with Gasteiger partial charge in [0.1, 0.15) is 0 Å². The van der Waals surface area contributed by atoms with E-state index in [-0.39, 0.29) is 33.8 Å². The third-order valence-corrected chi connectivity index (χ3v) is 17.9. The number of hydrogen-bond donors (Lipinski definition) is 0. The number of anilines is 8. The second-order valence-corrected chi connectivity index (χ2v) is 26.6. The van der Waals surface area contributed by atoms with E-state index in [1.807, 2.05) is 0 Å². The lowest BCUT2D eigenvalue weighted by atomic mass is 9.33. The van der Waals surface area contributed by atoms with Gasteiger partial charge in [-0.25, -0.2) is 0 Å². The van der Waals surface area contributed by atoms with Crippen molar-refractivity contribution in [2.75, 3.05) is 14.7 Å². The molecule has 0 N–H and O–H groups in total. The monoisotopic (exact) mass is 968 g/mol. The van der Waals surface area contributed by atoms with Gasteiger partial charge in [0, 0.05) is 50.9 Å². The number of rotatable bonds is 4. The predicted molar refractivity (Wildman–Crippen MR) is 319 cm³/mol. The van der Waals surface area contributed by atoms with Gasteiger partial charge in [0.05, 0.1) is 5.54 Å². The van der Waals surface area contributed by atoms with E-state index in [4.69, 9.17) is 0 Å². The van der Waals surface area contributed by atoms with E-state index in [1.54, 1.807) is 0 Å². The third kappa shape index (κ3) is 7.28. The van der Waals surface area contributed by atoms with Crippen molar-refractivity contribution in [2.24, 2.45) is 0 Å². The van der Waals surface area contributed by atoms with Crippen LogP contribution in [0.25, 0.3) is 11.1 Å². The molecule has 8 aromatic carbocycles. The van der Waals surface area contributed by atoms with Crippen LogP contribution < -0.4 is 31.1 Å². The maximum absolute atomic E-state index is 2.78. The highest BCUT2D eigenvalue weighted by molar-refractivity contribution is 7.00. The fourth-order valence-corrected chi connectivity index (χ4v) is 13.4. The zero-order valence-corrected chi connectivity index (χ0v) is 46.5. The molecule has 12 rings (SSSR count). The van der Waals surface area contributed by atoms with E-state index in [9.17, 15) is 0 Å². The summed E-state index contributed by atoms with van der Waals surface area (Å²) < 4.78 is 0. The van der Waals surface area contributed by atoms with Crippen LogP contribution in [0.4, 0.5) is 45.5 Å². The second-order valence-electron chi connectivity index (χ2n) is 26.6. The van der Waals surface area contributed by atoms with E-state index in [0.29, 0.717) is 0 Å². The van der Waals surface area contributed by atoms with Crippen molar-refractivity contribution in [3.63, 3.8) is 0 Å². The Kier molecular flexibility index (Phi) is 10.7. The summed E-state index contributed by atoms with van der Waals surface area (Å²) >= 11 is 0. The molecule has 3 aliphatic heterocycles. The molecule has 0 amide bonds. The van der Waals surface area contributed by atoms with Gasteiger partial charge in [-0.3, -0.25) is 0 Å². The van der Waals surface area contributed by atoms with Crippen molar-refractivity contribution in [1.29, 1.82) is 0 Å².